The van der Waals surface area contributed by atoms with Gasteiger partial charge in [0.25, 0.3) is 0 Å². The van der Waals surface area contributed by atoms with Gasteiger partial charge in [0.15, 0.2) is 10.0 Å². The molecule has 122 valence electrons. The van der Waals surface area contributed by atoms with Crippen molar-refractivity contribution in [1.82, 2.24) is 19.6 Å². The molecule has 0 unspecified atom stereocenters. The minimum atomic E-state index is -0.492. The number of hydrogen-bond donors (Lipinski definition) is 0. The van der Waals surface area contributed by atoms with E-state index >= 15 is 0 Å². The quantitative estimate of drug-likeness (QED) is 0.380. The van der Waals surface area contributed by atoms with E-state index < -0.39 is 5.97 Å². The van der Waals surface area contributed by atoms with Gasteiger partial charge in [0.05, 0.1) is 0 Å². The predicted molar refractivity (Wildman–Crippen MR) is 93.3 cm³/mol. The van der Waals surface area contributed by atoms with Crippen molar-refractivity contribution in [2.75, 3.05) is 6.26 Å². The molecule has 3 rings (SSSR count). The number of carbonyl (C=O) groups is 1. The number of thioether (sulfide) groups is 1. The number of hydrogen-bond acceptors (Lipinski definition) is 8. The van der Waals surface area contributed by atoms with Crippen LogP contribution < -0.4 is 0 Å². The second kappa shape index (κ2) is 7.69. The predicted octanol–water partition coefficient (Wildman–Crippen LogP) is 3.73. The van der Waals surface area contributed by atoms with Crippen molar-refractivity contribution >= 4 is 40.9 Å². The van der Waals surface area contributed by atoms with Gasteiger partial charge in [0.1, 0.15) is 12.3 Å². The highest BCUT2D eigenvalue weighted by molar-refractivity contribution is 7.98. The molecule has 2 heterocycles. The van der Waals surface area contributed by atoms with Gasteiger partial charge < -0.3 is 4.74 Å². The molecule has 0 radical (unpaired) electrons. The van der Waals surface area contributed by atoms with Gasteiger partial charge in [0, 0.05) is 23.0 Å². The number of benzene rings is 1. The summed E-state index contributed by atoms with van der Waals surface area (Å²) in [5.74, 6) is -0.492. The van der Waals surface area contributed by atoms with Gasteiger partial charge in [-0.15, -0.1) is 5.10 Å². The molecule has 0 saturated carbocycles. The molecule has 0 atom stereocenters. The van der Waals surface area contributed by atoms with E-state index in [1.807, 2.05) is 12.3 Å². The van der Waals surface area contributed by atoms with Gasteiger partial charge >= 0.3 is 5.97 Å². The van der Waals surface area contributed by atoms with Crippen LogP contribution in [0.2, 0.25) is 5.02 Å². The summed E-state index contributed by atoms with van der Waals surface area (Å²) < 4.78 is 9.16. The first-order valence-corrected chi connectivity index (χ1v) is 9.15. The van der Waals surface area contributed by atoms with Crippen molar-refractivity contribution in [2.45, 2.75) is 11.8 Å². The minimum Gasteiger partial charge on any atom is -0.457 e. The van der Waals surface area contributed by atoms with Crippen molar-refractivity contribution in [3.63, 3.8) is 0 Å². The van der Waals surface area contributed by atoms with Crippen LogP contribution in [0.25, 0.3) is 11.3 Å². The summed E-state index contributed by atoms with van der Waals surface area (Å²) in [6.07, 6.45) is 5.12. The molecule has 3 aromatic rings. The Hall–Kier alpha value is -2.03. The normalized spacial score (nSPS) is 10.6. The third kappa shape index (κ3) is 3.89. The molecule has 1 aromatic carbocycles. The summed E-state index contributed by atoms with van der Waals surface area (Å²) in [5, 5.41) is 5.23. The van der Waals surface area contributed by atoms with Crippen molar-refractivity contribution in [1.29, 1.82) is 0 Å². The van der Waals surface area contributed by atoms with E-state index in [1.165, 1.54) is 11.8 Å². The van der Waals surface area contributed by atoms with Gasteiger partial charge in [-0.1, -0.05) is 40.0 Å². The van der Waals surface area contributed by atoms with Crippen LogP contribution in [0.1, 0.15) is 15.2 Å². The lowest BCUT2D eigenvalue weighted by Gasteiger charge is -2.05. The van der Waals surface area contributed by atoms with Gasteiger partial charge in [-0.05, 0) is 35.5 Å². The van der Waals surface area contributed by atoms with Crippen molar-refractivity contribution < 1.29 is 9.53 Å². The fourth-order valence-electron chi connectivity index (χ4n) is 1.90. The minimum absolute atomic E-state index is 0.124. The second-order valence-electron chi connectivity index (χ2n) is 4.62. The molecule has 0 amide bonds. The van der Waals surface area contributed by atoms with Crippen LogP contribution >= 0.6 is 34.9 Å². The first-order valence-electron chi connectivity index (χ1n) is 6.77. The summed E-state index contributed by atoms with van der Waals surface area (Å²) in [4.78, 5) is 21.0. The van der Waals surface area contributed by atoms with Gasteiger partial charge in [0.2, 0.25) is 0 Å². The third-order valence-electron chi connectivity index (χ3n) is 3.02. The van der Waals surface area contributed by atoms with Crippen LogP contribution in [0.4, 0.5) is 0 Å². The van der Waals surface area contributed by atoms with E-state index in [4.69, 9.17) is 16.3 Å². The Labute approximate surface area is 151 Å². The Balaban J connectivity index is 1.75. The van der Waals surface area contributed by atoms with Crippen LogP contribution in [0.5, 0.6) is 0 Å². The third-order valence-corrected chi connectivity index (χ3v) is 4.53. The second-order valence-corrected chi connectivity index (χ2v) is 6.58. The Bertz CT molecular complexity index is 855. The first-order chi connectivity index (χ1) is 11.7. The number of aromatic nitrogens is 4. The summed E-state index contributed by atoms with van der Waals surface area (Å²) in [7, 11) is 0. The van der Waals surface area contributed by atoms with E-state index in [-0.39, 0.29) is 6.61 Å². The average Bonchev–Trinajstić information content (AvgIpc) is 3.09. The lowest BCUT2D eigenvalue weighted by atomic mass is 10.2. The molecule has 6 nitrogen and oxygen atoms in total. The molecule has 0 saturated heterocycles. The molecule has 2 aromatic heterocycles. The maximum Gasteiger partial charge on any atom is 0.352 e. The highest BCUT2D eigenvalue weighted by atomic mass is 35.5. The number of esters is 1. The van der Waals surface area contributed by atoms with Crippen LogP contribution in [0.15, 0.2) is 41.8 Å². The molecule has 0 bridgehead atoms. The fraction of sp³-hybridized carbons (Fsp3) is 0.133. The average molecular weight is 379 g/mol. The zero-order chi connectivity index (χ0) is 16.9. The fourth-order valence-corrected chi connectivity index (χ4v) is 3.01. The number of ether oxygens (including phenoxy) is 1. The summed E-state index contributed by atoms with van der Waals surface area (Å²) in [6.45, 7) is 0.124. The largest absolute Gasteiger partial charge is 0.457 e. The Morgan fingerprint density at radius 1 is 1.33 bits per heavy atom. The summed E-state index contributed by atoms with van der Waals surface area (Å²) >= 11 is 8.33. The number of carbonyl (C=O) groups excluding carboxylic acids is 1. The van der Waals surface area contributed by atoms with Crippen LogP contribution in [0.3, 0.4) is 0 Å². The van der Waals surface area contributed by atoms with Crippen LogP contribution in [0, 0.1) is 0 Å². The molecular formula is C15H11ClN4O2S2. The Morgan fingerprint density at radius 2 is 2.12 bits per heavy atom. The van der Waals surface area contributed by atoms with Gasteiger partial charge in [-0.25, -0.2) is 14.8 Å². The molecular weight excluding hydrogens is 368 g/mol. The van der Waals surface area contributed by atoms with Crippen molar-refractivity contribution in [2.24, 2.45) is 0 Å². The van der Waals surface area contributed by atoms with E-state index in [1.54, 1.807) is 30.6 Å². The lowest BCUT2D eigenvalue weighted by molar-refractivity contribution is 0.0479. The zero-order valence-electron chi connectivity index (χ0n) is 12.5. The smallest absolute Gasteiger partial charge is 0.352 e. The molecule has 0 aliphatic carbocycles. The maximum atomic E-state index is 12.3. The molecule has 0 aliphatic rings. The Kier molecular flexibility index (Phi) is 5.39. The first kappa shape index (κ1) is 16.8. The van der Waals surface area contributed by atoms with Crippen molar-refractivity contribution in [3.05, 3.63) is 52.1 Å². The van der Waals surface area contributed by atoms with Crippen molar-refractivity contribution in [3.8, 4) is 11.3 Å². The maximum absolute atomic E-state index is 12.3. The highest BCUT2D eigenvalue weighted by Crippen LogP contribution is 2.24. The molecule has 0 spiro atoms. The molecule has 9 heteroatoms. The molecule has 24 heavy (non-hydrogen) atoms. The number of nitrogens with zero attached hydrogens (tertiary/aromatic N) is 4. The molecule has 0 N–H and O–H groups in total. The van der Waals surface area contributed by atoms with E-state index in [0.717, 1.165) is 17.1 Å². The monoisotopic (exact) mass is 378 g/mol. The van der Waals surface area contributed by atoms with Crippen LogP contribution in [-0.4, -0.2) is 31.8 Å². The standard InChI is InChI=1S/C15H11ClN4O2S2/c1-23-15-17-6-10(7-18-15)12-13(24-20-19-12)14(21)22-8-9-3-2-4-11(16)5-9/h2-7H,8H2,1H3. The van der Waals surface area contributed by atoms with E-state index in [0.29, 0.717) is 26.3 Å². The number of halogens is 1. The molecule has 0 aliphatic heterocycles. The summed E-state index contributed by atoms with van der Waals surface area (Å²) in [6, 6.07) is 7.14. The van der Waals surface area contributed by atoms with Crippen LogP contribution in [-0.2, 0) is 11.3 Å². The van der Waals surface area contributed by atoms with E-state index in [2.05, 4.69) is 19.6 Å². The topological polar surface area (TPSA) is 77.9 Å². The molecule has 0 fully saturated rings. The van der Waals surface area contributed by atoms with Gasteiger partial charge in [-0.3, -0.25) is 0 Å². The number of rotatable bonds is 5. The van der Waals surface area contributed by atoms with E-state index in [9.17, 15) is 4.79 Å². The zero-order valence-corrected chi connectivity index (χ0v) is 14.9. The SMILES string of the molecule is CSc1ncc(-c2nnsc2C(=O)OCc2cccc(Cl)c2)cn1. The highest BCUT2D eigenvalue weighted by Gasteiger charge is 2.20. The summed E-state index contributed by atoms with van der Waals surface area (Å²) in [5.41, 5.74) is 1.85. The van der Waals surface area contributed by atoms with Gasteiger partial charge in [-0.2, -0.15) is 0 Å². The lowest BCUT2D eigenvalue weighted by Crippen LogP contribution is -2.05. The Morgan fingerprint density at radius 3 is 2.83 bits per heavy atom.